The third-order valence-electron chi connectivity index (χ3n) is 5.38. The Morgan fingerprint density at radius 1 is 1.07 bits per heavy atom. The molecule has 2 aromatic rings. The molecule has 0 aromatic heterocycles. The lowest BCUT2D eigenvalue weighted by Crippen LogP contribution is -2.33. The third-order valence-corrected chi connectivity index (χ3v) is 5.38. The van der Waals surface area contributed by atoms with Crippen LogP contribution in [-0.2, 0) is 24.2 Å². The summed E-state index contributed by atoms with van der Waals surface area (Å²) in [6.07, 6.45) is 4.67. The molecule has 1 amide bonds. The summed E-state index contributed by atoms with van der Waals surface area (Å²) in [4.78, 5) is 13.4. The molecule has 1 fully saturated rings. The minimum atomic E-state index is -0.245. The van der Waals surface area contributed by atoms with Crippen LogP contribution in [0.15, 0.2) is 48.5 Å². The van der Waals surface area contributed by atoms with E-state index >= 15 is 0 Å². The fourth-order valence-corrected chi connectivity index (χ4v) is 3.79. The normalized spacial score (nSPS) is 15.4. The zero-order valence-corrected chi connectivity index (χ0v) is 15.7. The third kappa shape index (κ3) is 5.94. The van der Waals surface area contributed by atoms with Gasteiger partial charge in [0, 0.05) is 13.0 Å². The molecule has 0 atom stereocenters. The lowest BCUT2D eigenvalue weighted by molar-refractivity contribution is -0.117. The maximum absolute atomic E-state index is 10.9. The first-order valence-corrected chi connectivity index (χ1v) is 9.70. The number of nitrogens with zero attached hydrogens (tertiary/aromatic N) is 2. The monoisotopic (exact) mass is 361 g/mol. The number of amides is 1. The zero-order valence-electron chi connectivity index (χ0n) is 15.7. The van der Waals surface area contributed by atoms with Gasteiger partial charge in [-0.3, -0.25) is 9.69 Å². The Balaban J connectivity index is 1.45. The molecule has 4 heteroatoms. The van der Waals surface area contributed by atoms with E-state index < -0.39 is 0 Å². The Kier molecular flexibility index (Phi) is 6.62. The minimum absolute atomic E-state index is 0.245. The first kappa shape index (κ1) is 19.1. The van der Waals surface area contributed by atoms with Crippen LogP contribution in [0.5, 0.6) is 0 Å². The number of hydrogen-bond donors (Lipinski definition) is 1. The second-order valence-corrected chi connectivity index (χ2v) is 7.52. The van der Waals surface area contributed by atoms with Gasteiger partial charge in [-0.2, -0.15) is 5.26 Å². The van der Waals surface area contributed by atoms with Crippen molar-refractivity contribution in [2.75, 3.05) is 13.1 Å². The summed E-state index contributed by atoms with van der Waals surface area (Å²) in [5.41, 5.74) is 9.72. The van der Waals surface area contributed by atoms with E-state index in [4.69, 9.17) is 11.0 Å². The molecule has 0 radical (unpaired) electrons. The maximum Gasteiger partial charge on any atom is 0.217 e. The van der Waals surface area contributed by atoms with Crippen molar-refractivity contribution in [1.82, 2.24) is 4.90 Å². The Morgan fingerprint density at radius 2 is 1.78 bits per heavy atom. The molecule has 0 bridgehead atoms. The summed E-state index contributed by atoms with van der Waals surface area (Å²) >= 11 is 0. The molecular formula is C23H27N3O. The van der Waals surface area contributed by atoms with E-state index in [9.17, 15) is 4.79 Å². The highest BCUT2D eigenvalue weighted by Crippen LogP contribution is 2.23. The predicted molar refractivity (Wildman–Crippen MR) is 107 cm³/mol. The van der Waals surface area contributed by atoms with Gasteiger partial charge in [0.2, 0.25) is 5.91 Å². The van der Waals surface area contributed by atoms with Crippen molar-refractivity contribution in [2.24, 2.45) is 11.7 Å². The van der Waals surface area contributed by atoms with Gasteiger partial charge in [0.05, 0.1) is 11.6 Å². The second kappa shape index (κ2) is 9.34. The molecular weight excluding hydrogens is 334 g/mol. The molecule has 0 unspecified atom stereocenters. The van der Waals surface area contributed by atoms with E-state index in [0.29, 0.717) is 6.42 Å². The standard InChI is InChI=1S/C23H27N3O/c24-16-21-2-1-3-22(15-21)17-26-12-10-20(11-13-26)14-19-6-4-18(5-7-19)8-9-23(25)27/h1-7,15,20H,8-14,17H2,(H2,25,27). The van der Waals surface area contributed by atoms with Gasteiger partial charge in [0.25, 0.3) is 0 Å². The van der Waals surface area contributed by atoms with Crippen molar-refractivity contribution in [3.8, 4) is 6.07 Å². The van der Waals surface area contributed by atoms with Crippen molar-refractivity contribution in [1.29, 1.82) is 5.26 Å². The maximum atomic E-state index is 10.9. The molecule has 2 N–H and O–H groups in total. The smallest absolute Gasteiger partial charge is 0.217 e. The van der Waals surface area contributed by atoms with Crippen LogP contribution in [0.1, 0.15) is 41.5 Å². The number of benzene rings is 2. The van der Waals surface area contributed by atoms with Crippen molar-refractivity contribution in [3.63, 3.8) is 0 Å². The topological polar surface area (TPSA) is 70.1 Å². The SMILES string of the molecule is N#Cc1cccc(CN2CCC(Cc3ccc(CCC(N)=O)cc3)CC2)c1. The van der Waals surface area contributed by atoms with Crippen LogP contribution < -0.4 is 5.73 Å². The fourth-order valence-electron chi connectivity index (χ4n) is 3.79. The number of carbonyl (C=O) groups is 1. The summed E-state index contributed by atoms with van der Waals surface area (Å²) < 4.78 is 0. The summed E-state index contributed by atoms with van der Waals surface area (Å²) in [5, 5.41) is 9.03. The molecule has 0 spiro atoms. The van der Waals surface area contributed by atoms with E-state index in [1.807, 2.05) is 18.2 Å². The van der Waals surface area contributed by atoms with Gasteiger partial charge in [-0.05, 0) is 73.5 Å². The van der Waals surface area contributed by atoms with Crippen molar-refractivity contribution < 1.29 is 4.79 Å². The van der Waals surface area contributed by atoms with E-state index in [2.05, 4.69) is 41.3 Å². The molecule has 1 aliphatic heterocycles. The largest absolute Gasteiger partial charge is 0.370 e. The zero-order chi connectivity index (χ0) is 19.1. The van der Waals surface area contributed by atoms with Gasteiger partial charge >= 0.3 is 0 Å². The number of hydrogen-bond acceptors (Lipinski definition) is 3. The summed E-state index contributed by atoms with van der Waals surface area (Å²) in [6, 6.07) is 18.8. The van der Waals surface area contributed by atoms with Gasteiger partial charge < -0.3 is 5.73 Å². The molecule has 0 aliphatic carbocycles. The summed E-state index contributed by atoms with van der Waals surface area (Å²) in [6.45, 7) is 3.15. The predicted octanol–water partition coefficient (Wildman–Crippen LogP) is 3.43. The number of rotatable bonds is 7. The van der Waals surface area contributed by atoms with Crippen LogP contribution >= 0.6 is 0 Å². The number of carbonyl (C=O) groups excluding carboxylic acids is 1. The van der Waals surface area contributed by atoms with Crippen LogP contribution in [0, 0.1) is 17.2 Å². The minimum Gasteiger partial charge on any atom is -0.370 e. The van der Waals surface area contributed by atoms with Gasteiger partial charge in [0.1, 0.15) is 0 Å². The molecule has 140 valence electrons. The second-order valence-electron chi connectivity index (χ2n) is 7.52. The van der Waals surface area contributed by atoms with Crippen LogP contribution in [-0.4, -0.2) is 23.9 Å². The first-order chi connectivity index (χ1) is 13.1. The average molecular weight is 361 g/mol. The van der Waals surface area contributed by atoms with Crippen molar-refractivity contribution in [3.05, 3.63) is 70.8 Å². The molecule has 2 aromatic carbocycles. The number of piperidine rings is 1. The Bertz CT molecular complexity index is 799. The lowest BCUT2D eigenvalue weighted by Gasteiger charge is -2.32. The van der Waals surface area contributed by atoms with Crippen LogP contribution in [0.25, 0.3) is 0 Å². The molecule has 4 nitrogen and oxygen atoms in total. The summed E-state index contributed by atoms with van der Waals surface area (Å²) in [7, 11) is 0. The van der Waals surface area contributed by atoms with Gasteiger partial charge in [0.15, 0.2) is 0 Å². The van der Waals surface area contributed by atoms with Gasteiger partial charge in [-0.25, -0.2) is 0 Å². The highest BCUT2D eigenvalue weighted by molar-refractivity contribution is 5.73. The van der Waals surface area contributed by atoms with E-state index in [1.165, 1.54) is 29.5 Å². The Morgan fingerprint density at radius 3 is 2.44 bits per heavy atom. The molecule has 1 heterocycles. The number of likely N-dealkylation sites (tertiary alicyclic amines) is 1. The number of nitriles is 1. The first-order valence-electron chi connectivity index (χ1n) is 9.70. The van der Waals surface area contributed by atoms with Gasteiger partial charge in [-0.15, -0.1) is 0 Å². The molecule has 1 aliphatic rings. The van der Waals surface area contributed by atoms with Crippen LogP contribution in [0.3, 0.4) is 0 Å². The van der Waals surface area contributed by atoms with Gasteiger partial charge in [-0.1, -0.05) is 36.4 Å². The summed E-state index contributed by atoms with van der Waals surface area (Å²) in [5.74, 6) is 0.480. The average Bonchev–Trinajstić information content (AvgIpc) is 2.69. The fraction of sp³-hybridized carbons (Fsp3) is 0.391. The Labute approximate surface area is 161 Å². The highest BCUT2D eigenvalue weighted by Gasteiger charge is 2.19. The quantitative estimate of drug-likeness (QED) is 0.821. The number of primary amides is 1. The Hall–Kier alpha value is -2.64. The lowest BCUT2D eigenvalue weighted by atomic mass is 9.89. The molecule has 0 saturated carbocycles. The van der Waals surface area contributed by atoms with Crippen molar-refractivity contribution in [2.45, 2.75) is 38.6 Å². The molecule has 3 rings (SSSR count). The highest BCUT2D eigenvalue weighted by atomic mass is 16.1. The molecule has 27 heavy (non-hydrogen) atoms. The van der Waals surface area contributed by atoms with E-state index in [1.54, 1.807) is 0 Å². The molecule has 1 saturated heterocycles. The number of aryl methyl sites for hydroxylation is 1. The van der Waals surface area contributed by atoms with Crippen LogP contribution in [0.4, 0.5) is 0 Å². The van der Waals surface area contributed by atoms with Crippen molar-refractivity contribution >= 4 is 5.91 Å². The van der Waals surface area contributed by atoms with E-state index in [0.717, 1.165) is 44.0 Å². The number of nitrogens with two attached hydrogens (primary N) is 1. The van der Waals surface area contributed by atoms with Crippen LogP contribution in [0.2, 0.25) is 0 Å². The van der Waals surface area contributed by atoms with E-state index in [-0.39, 0.29) is 5.91 Å².